The van der Waals surface area contributed by atoms with Gasteiger partial charge in [0.05, 0.1) is 18.8 Å². The fourth-order valence-corrected chi connectivity index (χ4v) is 3.05. The maximum absolute atomic E-state index is 12.3. The molecule has 6 nitrogen and oxygen atoms in total. The predicted molar refractivity (Wildman–Crippen MR) is 92.8 cm³/mol. The van der Waals surface area contributed by atoms with Crippen molar-refractivity contribution in [2.24, 2.45) is 5.92 Å². The lowest BCUT2D eigenvalue weighted by atomic mass is 10.1. The van der Waals surface area contributed by atoms with E-state index in [1.165, 1.54) is 18.4 Å². The van der Waals surface area contributed by atoms with Gasteiger partial charge in [-0.2, -0.15) is 0 Å². The fraction of sp³-hybridized carbons (Fsp3) is 0.526. The molecule has 1 amide bonds. The zero-order valence-corrected chi connectivity index (χ0v) is 14.4. The van der Waals surface area contributed by atoms with Gasteiger partial charge in [-0.1, -0.05) is 35.5 Å². The molecule has 1 aliphatic heterocycles. The Bertz CT molecular complexity index is 705. The lowest BCUT2D eigenvalue weighted by molar-refractivity contribution is -0.137. The van der Waals surface area contributed by atoms with Gasteiger partial charge < -0.3 is 9.64 Å². The summed E-state index contributed by atoms with van der Waals surface area (Å²) in [6.07, 6.45) is 5.90. The number of aryl methyl sites for hydroxylation is 1. The Balaban J connectivity index is 1.19. The summed E-state index contributed by atoms with van der Waals surface area (Å²) in [5, 5.41) is 8.35. The maximum atomic E-state index is 12.3. The number of nitrogens with zero attached hydrogens (tertiary/aromatic N) is 4. The van der Waals surface area contributed by atoms with Gasteiger partial charge in [0.2, 0.25) is 5.91 Å². The number of aromatic nitrogens is 3. The summed E-state index contributed by atoms with van der Waals surface area (Å²) in [6.45, 7) is 2.81. The molecule has 2 aliphatic rings. The van der Waals surface area contributed by atoms with Crippen LogP contribution in [-0.4, -0.2) is 45.5 Å². The Morgan fingerprint density at radius 1 is 1.20 bits per heavy atom. The number of carbonyl (C=O) groups excluding carboxylic acids is 1. The highest BCUT2D eigenvalue weighted by atomic mass is 16.5. The number of likely N-dealkylation sites (tertiary alicyclic amines) is 1. The molecule has 1 aromatic heterocycles. The number of hydrogen-bond donors (Lipinski definition) is 0. The lowest BCUT2D eigenvalue weighted by Crippen LogP contribution is -2.51. The Morgan fingerprint density at radius 3 is 2.76 bits per heavy atom. The van der Waals surface area contributed by atoms with E-state index in [1.807, 2.05) is 34.0 Å². The minimum atomic E-state index is 0.216. The van der Waals surface area contributed by atoms with Gasteiger partial charge in [-0.3, -0.25) is 4.79 Å². The van der Waals surface area contributed by atoms with Crippen molar-refractivity contribution in [1.29, 1.82) is 0 Å². The zero-order valence-electron chi connectivity index (χ0n) is 14.4. The van der Waals surface area contributed by atoms with Crippen LogP contribution in [-0.2, 0) is 22.6 Å². The maximum Gasteiger partial charge on any atom is 0.223 e. The second-order valence-electron chi connectivity index (χ2n) is 7.09. The summed E-state index contributed by atoms with van der Waals surface area (Å²) < 4.78 is 7.51. The fourth-order valence-electron chi connectivity index (χ4n) is 3.05. The van der Waals surface area contributed by atoms with Crippen molar-refractivity contribution in [2.75, 3.05) is 19.7 Å². The first-order chi connectivity index (χ1) is 12.3. The van der Waals surface area contributed by atoms with Crippen LogP contribution < -0.4 is 0 Å². The first kappa shape index (κ1) is 16.3. The van der Waals surface area contributed by atoms with E-state index in [-0.39, 0.29) is 11.9 Å². The van der Waals surface area contributed by atoms with E-state index in [9.17, 15) is 4.79 Å². The molecule has 4 rings (SSSR count). The summed E-state index contributed by atoms with van der Waals surface area (Å²) in [7, 11) is 0. The highest BCUT2D eigenvalue weighted by Gasteiger charge is 2.32. The van der Waals surface area contributed by atoms with Crippen LogP contribution in [0.25, 0.3) is 0 Å². The Morgan fingerprint density at radius 2 is 2.00 bits per heavy atom. The Hall–Kier alpha value is -2.21. The summed E-state index contributed by atoms with van der Waals surface area (Å²) in [4.78, 5) is 14.2. The summed E-state index contributed by atoms with van der Waals surface area (Å²) in [5.41, 5.74) is 2.08. The monoisotopic (exact) mass is 340 g/mol. The van der Waals surface area contributed by atoms with E-state index in [1.54, 1.807) is 0 Å². The second-order valence-corrected chi connectivity index (χ2v) is 7.09. The predicted octanol–water partition coefficient (Wildman–Crippen LogP) is 2.22. The molecule has 0 unspecified atom stereocenters. The topological polar surface area (TPSA) is 60.2 Å². The molecule has 0 N–H and O–H groups in total. The lowest BCUT2D eigenvalue weighted by Gasteiger charge is -2.39. The van der Waals surface area contributed by atoms with Crippen LogP contribution in [0.5, 0.6) is 0 Å². The number of amides is 1. The average Bonchev–Trinajstić information content (AvgIpc) is 3.30. The van der Waals surface area contributed by atoms with Gasteiger partial charge in [0.25, 0.3) is 0 Å². The molecule has 25 heavy (non-hydrogen) atoms. The summed E-state index contributed by atoms with van der Waals surface area (Å²) in [5.74, 6) is 0.977. The molecule has 1 saturated heterocycles. The average molecular weight is 340 g/mol. The molecule has 1 aromatic carbocycles. The van der Waals surface area contributed by atoms with Crippen molar-refractivity contribution in [1.82, 2.24) is 19.9 Å². The van der Waals surface area contributed by atoms with E-state index in [0.717, 1.165) is 37.7 Å². The molecule has 0 atom stereocenters. The minimum Gasteiger partial charge on any atom is -0.375 e. The molecule has 1 aliphatic carbocycles. The second kappa shape index (κ2) is 7.35. The van der Waals surface area contributed by atoms with Gasteiger partial charge >= 0.3 is 0 Å². The van der Waals surface area contributed by atoms with Gasteiger partial charge in [0.15, 0.2) is 0 Å². The Kier molecular flexibility index (Phi) is 4.78. The standard InChI is InChI=1S/C19H24N4O2/c24-19(9-8-15-4-2-1-3-5-15)22-11-18(12-22)23-10-17(20-21-23)14-25-13-16-6-7-16/h1-5,10,16,18H,6-9,11-14H2. The third kappa shape index (κ3) is 4.25. The van der Waals surface area contributed by atoms with Gasteiger partial charge in [0.1, 0.15) is 5.69 Å². The van der Waals surface area contributed by atoms with Crippen LogP contribution in [0.2, 0.25) is 0 Å². The van der Waals surface area contributed by atoms with E-state index >= 15 is 0 Å². The van der Waals surface area contributed by atoms with Crippen molar-refractivity contribution in [3.8, 4) is 0 Å². The van der Waals surface area contributed by atoms with E-state index < -0.39 is 0 Å². The molecule has 2 aromatic rings. The van der Waals surface area contributed by atoms with E-state index in [2.05, 4.69) is 22.4 Å². The molecule has 1 saturated carbocycles. The summed E-state index contributed by atoms with van der Waals surface area (Å²) >= 11 is 0. The van der Waals surface area contributed by atoms with Crippen molar-refractivity contribution < 1.29 is 9.53 Å². The largest absolute Gasteiger partial charge is 0.375 e. The molecular formula is C19H24N4O2. The van der Waals surface area contributed by atoms with Crippen LogP contribution in [0, 0.1) is 5.92 Å². The van der Waals surface area contributed by atoms with E-state index in [0.29, 0.717) is 13.0 Å². The van der Waals surface area contributed by atoms with Crippen LogP contribution >= 0.6 is 0 Å². The minimum absolute atomic E-state index is 0.216. The van der Waals surface area contributed by atoms with Crippen LogP contribution in [0.4, 0.5) is 0 Å². The number of carbonyl (C=O) groups is 1. The van der Waals surface area contributed by atoms with Crippen LogP contribution in [0.1, 0.15) is 36.6 Å². The van der Waals surface area contributed by atoms with Crippen molar-refractivity contribution in [3.05, 3.63) is 47.8 Å². The number of benzene rings is 1. The van der Waals surface area contributed by atoms with Gasteiger partial charge in [0, 0.05) is 26.1 Å². The third-order valence-electron chi connectivity index (χ3n) is 4.92. The third-order valence-corrected chi connectivity index (χ3v) is 4.92. The molecule has 2 heterocycles. The number of rotatable bonds is 8. The first-order valence-electron chi connectivity index (χ1n) is 9.08. The molecule has 6 heteroatoms. The van der Waals surface area contributed by atoms with Gasteiger partial charge in [-0.05, 0) is 30.7 Å². The highest BCUT2D eigenvalue weighted by Crippen LogP contribution is 2.29. The molecule has 132 valence electrons. The zero-order chi connectivity index (χ0) is 17.1. The van der Waals surface area contributed by atoms with Crippen molar-refractivity contribution in [2.45, 2.75) is 38.3 Å². The van der Waals surface area contributed by atoms with Crippen LogP contribution in [0.15, 0.2) is 36.5 Å². The smallest absolute Gasteiger partial charge is 0.223 e. The molecule has 0 bridgehead atoms. The first-order valence-corrected chi connectivity index (χ1v) is 9.08. The Labute approximate surface area is 147 Å². The van der Waals surface area contributed by atoms with Crippen LogP contribution in [0.3, 0.4) is 0 Å². The molecular weight excluding hydrogens is 316 g/mol. The quantitative estimate of drug-likeness (QED) is 0.739. The molecule has 0 radical (unpaired) electrons. The van der Waals surface area contributed by atoms with Crippen molar-refractivity contribution in [3.63, 3.8) is 0 Å². The molecule has 0 spiro atoms. The van der Waals surface area contributed by atoms with Crippen molar-refractivity contribution >= 4 is 5.91 Å². The number of ether oxygens (including phenoxy) is 1. The SMILES string of the molecule is O=C(CCc1ccccc1)N1CC(n2cc(COCC3CC3)nn2)C1. The van der Waals surface area contributed by atoms with Gasteiger partial charge in [-0.25, -0.2) is 4.68 Å². The van der Waals surface area contributed by atoms with E-state index in [4.69, 9.17) is 4.74 Å². The van der Waals surface area contributed by atoms with Gasteiger partial charge in [-0.15, -0.1) is 5.10 Å². The normalized spacial score (nSPS) is 17.5. The number of hydrogen-bond acceptors (Lipinski definition) is 4. The highest BCUT2D eigenvalue weighted by molar-refractivity contribution is 5.77. The summed E-state index contributed by atoms with van der Waals surface area (Å²) in [6, 6.07) is 10.4. The molecule has 2 fully saturated rings.